The molecular weight excluding hydrogens is 883 g/mol. The lowest BCUT2D eigenvalue weighted by atomic mass is 10.2. The van der Waals surface area contributed by atoms with Crippen molar-refractivity contribution in [3.8, 4) is 0 Å². The SMILES string of the molecule is [2H]C([2H])(O)C([2H])([2H])O[C@H]1CC(N)[C@@H]2OC(C)(C)O[C@H]12.[2H]C([2H])([2H])C([2H])([2H])C([2H])([2H])Sc1nc(Cl)c([N+](=O)[O-])c(Cl)n1.[2H]C([2H])([2H])C([2H])([2H])C([2H])([2H])Sc1nc(Cl)c([N+](=O)[O-])c(N[C@@H]2C[C@H](OC([2H])([2H])C([2H])([2H])O)[C@H]3OC(C)(C)O[C@H]32)n1. The first-order valence-corrected chi connectivity index (χ1v) is 19.2. The summed E-state index contributed by atoms with van der Waals surface area (Å²) in [5, 5.41) is 40.6. The average Bonchev–Trinajstić information content (AvgIpc) is 3.91. The molecule has 332 valence electrons. The summed E-state index contributed by atoms with van der Waals surface area (Å²) in [6.45, 7) is -12.7. The number of anilines is 1. The molecule has 8 atom stereocenters. The second-order valence-electron chi connectivity index (χ2n) is 12.9. The van der Waals surface area contributed by atoms with Crippen LogP contribution in [-0.2, 0) is 28.4 Å². The van der Waals surface area contributed by atoms with Gasteiger partial charge in [0.1, 0.15) is 24.4 Å². The van der Waals surface area contributed by atoms with Crippen LogP contribution in [-0.4, -0.2) is 138 Å². The third-order valence-corrected chi connectivity index (χ3v) is 9.98. The van der Waals surface area contributed by atoms with Gasteiger partial charge >= 0.3 is 11.4 Å². The van der Waals surface area contributed by atoms with Crippen LogP contribution in [0, 0.1) is 20.2 Å². The minimum atomic E-state index is -3.40. The van der Waals surface area contributed by atoms with E-state index in [1.807, 2.05) is 0 Å². The van der Waals surface area contributed by atoms with Gasteiger partial charge in [0.15, 0.2) is 21.9 Å². The summed E-state index contributed by atoms with van der Waals surface area (Å²) in [7, 11) is 0. The zero-order chi connectivity index (χ0) is 63.0. The van der Waals surface area contributed by atoms with Crippen molar-refractivity contribution < 1.29 is 78.6 Å². The highest BCUT2D eigenvalue weighted by molar-refractivity contribution is 7.99. The monoisotopic (exact) mass is 954 g/mol. The van der Waals surface area contributed by atoms with Crippen molar-refractivity contribution >= 4 is 75.5 Å². The van der Waals surface area contributed by atoms with Crippen molar-refractivity contribution in [2.75, 3.05) is 43.0 Å². The Labute approximate surface area is 395 Å². The van der Waals surface area contributed by atoms with E-state index in [-0.39, 0.29) is 42.4 Å². The highest BCUT2D eigenvalue weighted by Crippen LogP contribution is 2.43. The van der Waals surface area contributed by atoms with Crippen LogP contribution in [0.5, 0.6) is 0 Å². The molecule has 2 aromatic heterocycles. The Kier molecular flexibility index (Phi) is 10.1. The van der Waals surface area contributed by atoms with Gasteiger partial charge in [-0.3, -0.25) is 20.2 Å². The number of halogens is 3. The number of rotatable bonds is 16. The lowest BCUT2D eigenvalue weighted by Crippen LogP contribution is -2.35. The fourth-order valence-corrected chi connectivity index (χ4v) is 7.84. The second-order valence-corrected chi connectivity index (χ2v) is 15.5. The molecule has 20 nitrogen and oxygen atoms in total. The van der Waals surface area contributed by atoms with Gasteiger partial charge in [0.2, 0.25) is 21.3 Å². The van der Waals surface area contributed by atoms with E-state index in [4.69, 9.17) is 104 Å². The molecule has 2 saturated heterocycles. The minimum absolute atomic E-state index is 0.0131. The molecule has 6 rings (SSSR count). The molecule has 0 amide bonds. The van der Waals surface area contributed by atoms with Crippen molar-refractivity contribution in [3.63, 3.8) is 0 Å². The summed E-state index contributed by atoms with van der Waals surface area (Å²) >= 11 is 17.0. The Morgan fingerprint density at radius 1 is 0.797 bits per heavy atom. The van der Waals surface area contributed by atoms with E-state index in [0.29, 0.717) is 0 Å². The highest BCUT2D eigenvalue weighted by atomic mass is 35.5. The normalized spacial score (nSPS) is 35.2. The van der Waals surface area contributed by atoms with Crippen LogP contribution in [0.25, 0.3) is 0 Å². The van der Waals surface area contributed by atoms with Crippen LogP contribution in [0.4, 0.5) is 17.2 Å². The van der Waals surface area contributed by atoms with Crippen molar-refractivity contribution in [2.45, 2.75) is 138 Å². The standard InChI is InChI=1S/C17H25ClN4O6S.C10H19NO4.C7H7Cl2N3O2S/c1-4-7-29-16-20-14(18)11(22(24)25)15(21-16)19-9-8-10(26-6-5-23)13-12(9)27-17(2,3)28-13;1-10(2)14-8-6(11)5-7(9(8)15-10)13-4-3-12;1-2-3-15-7-10-5(8)4(12(13)14)6(9)11-7/h9-10,12-13,23H,4-8H2,1-3H3,(H,19,20,21);6-9,12H,3-5,11H2,1-2H3;2-3H2,1H3/t9-,10+,12+,13-;6?,7-,8-,9+;/m10./s1/i1D3,4D2,5D2,6D2,7D2;3D2,4D2;1D3,2D2,3D2. The van der Waals surface area contributed by atoms with Crippen LogP contribution in [0.1, 0.15) is 97.1 Å². The highest BCUT2D eigenvalue weighted by Gasteiger charge is 2.55. The number of nitro groups is 2. The molecule has 1 unspecified atom stereocenters. The summed E-state index contributed by atoms with van der Waals surface area (Å²) in [6, 6.07) is -1.36. The maximum Gasteiger partial charge on any atom is 0.348 e. The molecule has 0 spiro atoms. The van der Waals surface area contributed by atoms with E-state index in [2.05, 4.69) is 25.3 Å². The minimum Gasteiger partial charge on any atom is -0.394 e. The molecule has 25 heteroatoms. The Morgan fingerprint density at radius 2 is 1.24 bits per heavy atom. The molecule has 5 N–H and O–H groups in total. The van der Waals surface area contributed by atoms with E-state index in [1.165, 1.54) is 13.8 Å². The van der Waals surface area contributed by atoms with Gasteiger partial charge in [-0.15, -0.1) is 0 Å². The summed E-state index contributed by atoms with van der Waals surface area (Å²) in [5.41, 5.74) is -1.86. The summed E-state index contributed by atoms with van der Waals surface area (Å²) < 4.78 is 197. The van der Waals surface area contributed by atoms with Gasteiger partial charge in [-0.25, -0.2) is 15.0 Å². The third-order valence-electron chi connectivity index (χ3n) is 8.05. The van der Waals surface area contributed by atoms with Gasteiger partial charge < -0.3 is 49.7 Å². The van der Waals surface area contributed by atoms with E-state index in [1.54, 1.807) is 13.8 Å². The molecule has 2 saturated carbocycles. The van der Waals surface area contributed by atoms with Crippen molar-refractivity contribution in [2.24, 2.45) is 5.73 Å². The number of hydrogen-bond acceptors (Lipinski definition) is 20. The molecule has 2 aliphatic heterocycles. The number of ether oxygens (including phenoxy) is 6. The van der Waals surface area contributed by atoms with E-state index >= 15 is 0 Å². The summed E-state index contributed by atoms with van der Waals surface area (Å²) in [6.07, 6.45) is -11.5. The molecule has 4 heterocycles. The second kappa shape index (κ2) is 22.4. The lowest BCUT2D eigenvalue weighted by Gasteiger charge is -2.24. The zero-order valence-electron chi connectivity index (χ0n) is 52.7. The number of nitrogens with one attached hydrogen (secondary N) is 1. The largest absolute Gasteiger partial charge is 0.394 e. The molecule has 2 aromatic rings. The van der Waals surface area contributed by atoms with Gasteiger partial charge in [-0.2, -0.15) is 4.98 Å². The number of aromatic nitrogens is 4. The smallest absolute Gasteiger partial charge is 0.348 e. The zero-order valence-corrected chi connectivity index (χ0v) is 34.6. The molecule has 0 radical (unpaired) electrons. The maximum absolute atomic E-state index is 11.8. The van der Waals surface area contributed by atoms with Gasteiger partial charge in [-0.1, -0.05) is 72.0 Å². The predicted octanol–water partition coefficient (Wildman–Crippen LogP) is 5.43. The molecule has 0 bridgehead atoms. The first-order valence-electron chi connectivity index (χ1n) is 27.4. The number of aliphatic hydroxyl groups is 2. The Balaban J connectivity index is 0.000000289. The van der Waals surface area contributed by atoms with Crippen molar-refractivity contribution in [1.29, 1.82) is 0 Å². The molecule has 2 aliphatic carbocycles. The Hall–Kier alpha value is -2.03. The molecular formula is C34H51Cl3N8O12S2. The molecule has 0 aromatic carbocycles. The number of fused-ring (bicyclic) bond motifs is 2. The quantitative estimate of drug-likeness (QED) is 0.0537. The first-order chi connectivity index (χ1) is 35.9. The van der Waals surface area contributed by atoms with Gasteiger partial charge in [0, 0.05) is 36.6 Å². The lowest BCUT2D eigenvalue weighted by molar-refractivity contribution is -0.385. The molecule has 4 aliphatic rings. The van der Waals surface area contributed by atoms with Gasteiger partial charge in [-0.05, 0) is 53.3 Å². The number of nitrogens with two attached hydrogens (primary N) is 1. The van der Waals surface area contributed by atoms with Gasteiger partial charge in [0.25, 0.3) is 0 Å². The van der Waals surface area contributed by atoms with Crippen LogP contribution >= 0.6 is 58.3 Å². The third kappa shape index (κ3) is 13.5. The van der Waals surface area contributed by atoms with E-state index in [9.17, 15) is 25.3 Å². The number of thioether (sulfide) groups is 2. The van der Waals surface area contributed by atoms with Crippen molar-refractivity contribution in [1.82, 2.24) is 19.9 Å². The van der Waals surface area contributed by atoms with Crippen LogP contribution in [0.2, 0.25) is 15.5 Å². The number of hydrogen-bond donors (Lipinski definition) is 4. The molecule has 59 heavy (non-hydrogen) atoms. The molecule has 4 fully saturated rings. The van der Waals surface area contributed by atoms with Crippen LogP contribution < -0.4 is 11.1 Å². The van der Waals surface area contributed by atoms with Gasteiger partial charge in [0.05, 0.1) is 65.3 Å². The van der Waals surface area contributed by atoms with Crippen LogP contribution in [0.15, 0.2) is 10.3 Å². The Bertz CT molecular complexity index is 2630. The van der Waals surface area contributed by atoms with Crippen molar-refractivity contribution in [3.05, 3.63) is 35.7 Å². The summed E-state index contributed by atoms with van der Waals surface area (Å²) in [4.78, 5) is 35.0. The average molecular weight is 956 g/mol. The fraction of sp³-hybridized carbons (Fsp3) is 0.765. The Morgan fingerprint density at radius 3 is 1.73 bits per heavy atom. The maximum atomic E-state index is 11.8. The van der Waals surface area contributed by atoms with E-state index < -0.39 is 171 Å². The fourth-order valence-electron chi connectivity index (χ4n) is 6.10. The topological polar surface area (TPSA) is 272 Å². The summed E-state index contributed by atoms with van der Waals surface area (Å²) in [5.74, 6) is -2.65. The first kappa shape index (κ1) is 26.6. The predicted molar refractivity (Wildman–Crippen MR) is 220 cm³/mol. The van der Waals surface area contributed by atoms with Crippen LogP contribution in [0.3, 0.4) is 0 Å². The number of nitrogens with zero attached hydrogens (tertiary/aromatic N) is 6. The van der Waals surface area contributed by atoms with E-state index in [0.717, 1.165) is 0 Å².